The van der Waals surface area contributed by atoms with Gasteiger partial charge in [-0.2, -0.15) is 5.10 Å². The Kier molecular flexibility index (Phi) is 3.64. The minimum absolute atomic E-state index is 0.446. The molecule has 3 nitrogen and oxygen atoms in total. The molecule has 1 aromatic heterocycles. The normalized spacial score (nSPS) is 30.1. The van der Waals surface area contributed by atoms with Gasteiger partial charge in [-0.3, -0.25) is 0 Å². The van der Waals surface area contributed by atoms with Crippen molar-refractivity contribution in [3.63, 3.8) is 0 Å². The summed E-state index contributed by atoms with van der Waals surface area (Å²) in [5.41, 5.74) is 0.978. The maximum absolute atomic E-state index is 5.81. The molecule has 1 saturated carbocycles. The van der Waals surface area contributed by atoms with Crippen molar-refractivity contribution in [1.82, 2.24) is 10.2 Å². The molecule has 4 heteroatoms. The molecule has 16 heavy (non-hydrogen) atoms. The van der Waals surface area contributed by atoms with Gasteiger partial charge in [-0.25, -0.2) is 0 Å². The minimum Gasteiger partial charge on any atom is -0.381 e. The summed E-state index contributed by atoms with van der Waals surface area (Å²) >= 11 is 5.81. The third kappa shape index (κ3) is 3.08. The van der Waals surface area contributed by atoms with Crippen LogP contribution in [0.25, 0.3) is 0 Å². The zero-order valence-electron chi connectivity index (χ0n) is 9.78. The highest BCUT2D eigenvalue weighted by molar-refractivity contribution is 6.29. The number of hydrogen-bond donors (Lipinski definition) is 1. The molecule has 1 heterocycles. The molecule has 0 radical (unpaired) electrons. The van der Waals surface area contributed by atoms with Gasteiger partial charge in [0.1, 0.15) is 0 Å². The van der Waals surface area contributed by atoms with Crippen LogP contribution >= 0.6 is 11.6 Å². The number of nitrogens with zero attached hydrogens (tertiary/aromatic N) is 2. The summed E-state index contributed by atoms with van der Waals surface area (Å²) in [6.45, 7) is 4.64. The van der Waals surface area contributed by atoms with Crippen LogP contribution in [0.15, 0.2) is 12.3 Å². The second kappa shape index (κ2) is 5.00. The standard InChI is InChI=1S/C12H18ClN3/c1-8-3-9(2)5-10(4-8)15-11-6-12(13)16-14-7-11/h6-10H,3-5H2,1-2H3,(H,15,16). The number of rotatable bonds is 2. The van der Waals surface area contributed by atoms with Crippen molar-refractivity contribution in [1.29, 1.82) is 0 Å². The lowest BCUT2D eigenvalue weighted by Gasteiger charge is -2.32. The van der Waals surface area contributed by atoms with Crippen LogP contribution < -0.4 is 5.32 Å². The first-order valence-corrected chi connectivity index (χ1v) is 6.26. The molecule has 0 aliphatic heterocycles. The fourth-order valence-electron chi connectivity index (χ4n) is 2.72. The molecule has 1 fully saturated rings. The average molecular weight is 240 g/mol. The molecular formula is C12H18ClN3. The van der Waals surface area contributed by atoms with Crippen LogP contribution in [0.1, 0.15) is 33.1 Å². The summed E-state index contributed by atoms with van der Waals surface area (Å²) in [5, 5.41) is 11.5. The molecule has 2 unspecified atom stereocenters. The Bertz CT molecular complexity index is 346. The van der Waals surface area contributed by atoms with E-state index in [1.54, 1.807) is 6.20 Å². The van der Waals surface area contributed by atoms with Crippen molar-refractivity contribution in [3.05, 3.63) is 17.4 Å². The molecule has 1 aliphatic rings. The van der Waals surface area contributed by atoms with Gasteiger partial charge < -0.3 is 5.32 Å². The summed E-state index contributed by atoms with van der Waals surface area (Å²) in [4.78, 5) is 0. The van der Waals surface area contributed by atoms with Crippen molar-refractivity contribution in [3.8, 4) is 0 Å². The van der Waals surface area contributed by atoms with Crippen molar-refractivity contribution in [2.75, 3.05) is 5.32 Å². The van der Waals surface area contributed by atoms with Gasteiger partial charge in [0.15, 0.2) is 5.15 Å². The van der Waals surface area contributed by atoms with Gasteiger partial charge in [0.25, 0.3) is 0 Å². The molecule has 0 amide bonds. The quantitative estimate of drug-likeness (QED) is 0.860. The van der Waals surface area contributed by atoms with E-state index >= 15 is 0 Å². The van der Waals surface area contributed by atoms with E-state index in [2.05, 4.69) is 29.4 Å². The van der Waals surface area contributed by atoms with Crippen molar-refractivity contribution < 1.29 is 0 Å². The van der Waals surface area contributed by atoms with Crippen molar-refractivity contribution in [2.24, 2.45) is 11.8 Å². The molecular weight excluding hydrogens is 222 g/mol. The smallest absolute Gasteiger partial charge is 0.153 e. The maximum Gasteiger partial charge on any atom is 0.153 e. The molecule has 0 aromatic carbocycles. The van der Waals surface area contributed by atoms with Crippen LogP contribution in [0.5, 0.6) is 0 Å². The first-order valence-electron chi connectivity index (χ1n) is 5.88. The third-order valence-corrected chi connectivity index (χ3v) is 3.36. The fraction of sp³-hybridized carbons (Fsp3) is 0.667. The molecule has 1 aliphatic carbocycles. The highest BCUT2D eigenvalue weighted by Crippen LogP contribution is 2.30. The van der Waals surface area contributed by atoms with E-state index in [1.807, 2.05) is 6.07 Å². The van der Waals surface area contributed by atoms with E-state index in [9.17, 15) is 0 Å². The highest BCUT2D eigenvalue weighted by atomic mass is 35.5. The van der Waals surface area contributed by atoms with Gasteiger partial charge in [-0.05, 0) is 31.1 Å². The number of anilines is 1. The van der Waals surface area contributed by atoms with Crippen LogP contribution in [0.3, 0.4) is 0 Å². The average Bonchev–Trinajstić information content (AvgIpc) is 2.15. The van der Waals surface area contributed by atoms with Crippen molar-refractivity contribution >= 4 is 17.3 Å². The molecule has 2 atom stereocenters. The summed E-state index contributed by atoms with van der Waals surface area (Å²) in [6.07, 6.45) is 5.53. The Labute approximate surface area is 102 Å². The minimum atomic E-state index is 0.446. The van der Waals surface area contributed by atoms with Gasteiger partial charge in [0, 0.05) is 12.1 Å². The van der Waals surface area contributed by atoms with E-state index in [0.29, 0.717) is 11.2 Å². The van der Waals surface area contributed by atoms with Crippen LogP contribution in [-0.4, -0.2) is 16.2 Å². The molecule has 0 spiro atoms. The molecule has 1 aromatic rings. The van der Waals surface area contributed by atoms with E-state index in [4.69, 9.17) is 11.6 Å². The Balaban J connectivity index is 1.98. The van der Waals surface area contributed by atoms with Gasteiger partial charge in [-0.1, -0.05) is 25.4 Å². The zero-order chi connectivity index (χ0) is 11.5. The Morgan fingerprint density at radius 3 is 2.56 bits per heavy atom. The second-order valence-electron chi connectivity index (χ2n) is 5.03. The lowest BCUT2D eigenvalue weighted by Crippen LogP contribution is -2.30. The Morgan fingerprint density at radius 2 is 1.94 bits per heavy atom. The first-order chi connectivity index (χ1) is 7.63. The summed E-state index contributed by atoms with van der Waals surface area (Å²) < 4.78 is 0. The maximum atomic E-state index is 5.81. The largest absolute Gasteiger partial charge is 0.381 e. The molecule has 88 valence electrons. The number of halogens is 1. The SMILES string of the molecule is CC1CC(C)CC(Nc2cnnc(Cl)c2)C1. The number of hydrogen-bond acceptors (Lipinski definition) is 3. The number of nitrogens with one attached hydrogen (secondary N) is 1. The molecule has 0 saturated heterocycles. The van der Waals surface area contributed by atoms with E-state index < -0.39 is 0 Å². The Hall–Kier alpha value is -0.830. The Morgan fingerprint density at radius 1 is 1.25 bits per heavy atom. The van der Waals surface area contributed by atoms with E-state index in [-0.39, 0.29) is 0 Å². The predicted octanol–water partition coefficient (Wildman–Crippen LogP) is 3.37. The molecule has 2 rings (SSSR count). The predicted molar refractivity (Wildman–Crippen MR) is 66.6 cm³/mol. The fourth-order valence-corrected chi connectivity index (χ4v) is 2.88. The van der Waals surface area contributed by atoms with Gasteiger partial charge in [0.05, 0.1) is 11.9 Å². The van der Waals surface area contributed by atoms with E-state index in [1.165, 1.54) is 19.3 Å². The number of aromatic nitrogens is 2. The lowest BCUT2D eigenvalue weighted by atomic mass is 9.80. The monoisotopic (exact) mass is 239 g/mol. The molecule has 1 N–H and O–H groups in total. The van der Waals surface area contributed by atoms with Gasteiger partial charge in [0.2, 0.25) is 0 Å². The van der Waals surface area contributed by atoms with Crippen molar-refractivity contribution in [2.45, 2.75) is 39.2 Å². The molecule has 0 bridgehead atoms. The van der Waals surface area contributed by atoms with Gasteiger partial charge in [-0.15, -0.1) is 5.10 Å². The van der Waals surface area contributed by atoms with Crippen LogP contribution in [-0.2, 0) is 0 Å². The lowest BCUT2D eigenvalue weighted by molar-refractivity contribution is 0.281. The zero-order valence-corrected chi connectivity index (χ0v) is 10.5. The summed E-state index contributed by atoms with van der Waals surface area (Å²) in [7, 11) is 0. The first kappa shape index (κ1) is 11.6. The topological polar surface area (TPSA) is 37.8 Å². The summed E-state index contributed by atoms with van der Waals surface area (Å²) in [6, 6.07) is 2.37. The third-order valence-electron chi connectivity index (χ3n) is 3.17. The van der Waals surface area contributed by atoms with Crippen LogP contribution in [0.4, 0.5) is 5.69 Å². The highest BCUT2D eigenvalue weighted by Gasteiger charge is 2.23. The van der Waals surface area contributed by atoms with Crippen LogP contribution in [0.2, 0.25) is 5.15 Å². The summed E-state index contributed by atoms with van der Waals surface area (Å²) in [5.74, 6) is 1.60. The van der Waals surface area contributed by atoms with E-state index in [0.717, 1.165) is 17.5 Å². The second-order valence-corrected chi connectivity index (χ2v) is 5.41. The van der Waals surface area contributed by atoms with Crippen LogP contribution in [0, 0.1) is 11.8 Å². The van der Waals surface area contributed by atoms with Gasteiger partial charge >= 0.3 is 0 Å².